The van der Waals surface area contributed by atoms with Crippen molar-refractivity contribution in [3.63, 3.8) is 0 Å². The molecule has 6 heteroatoms. The van der Waals surface area contributed by atoms with Crippen molar-refractivity contribution >= 4 is 10.0 Å². The van der Waals surface area contributed by atoms with E-state index in [0.29, 0.717) is 17.7 Å². The molecule has 2 rings (SSSR count). The number of primary sulfonamides is 1. The van der Waals surface area contributed by atoms with E-state index < -0.39 is 10.0 Å². The number of nitrogens with one attached hydrogen (secondary N) is 1. The summed E-state index contributed by atoms with van der Waals surface area (Å²) in [5.74, 6) is 0.603. The number of furan rings is 1. The lowest BCUT2D eigenvalue weighted by atomic mass is 10.0. The third kappa shape index (κ3) is 3.34. The maximum absolute atomic E-state index is 11.0. The average molecular weight is 272 g/mol. The van der Waals surface area contributed by atoms with Crippen molar-refractivity contribution in [3.8, 4) is 0 Å². The summed E-state index contributed by atoms with van der Waals surface area (Å²) >= 11 is 0. The summed E-state index contributed by atoms with van der Waals surface area (Å²) in [7, 11) is -3.73. The van der Waals surface area contributed by atoms with Crippen LogP contribution < -0.4 is 10.5 Å². The Hall–Kier alpha value is -0.850. The average Bonchev–Trinajstić information content (AvgIpc) is 2.86. The zero-order chi connectivity index (χ0) is 13.2. The largest absolute Gasteiger partial charge is 0.447 e. The number of hydrogen-bond acceptors (Lipinski definition) is 4. The number of hydrogen-bond donors (Lipinski definition) is 2. The topological polar surface area (TPSA) is 85.3 Å². The van der Waals surface area contributed by atoms with Gasteiger partial charge in [-0.3, -0.25) is 0 Å². The second kappa shape index (κ2) is 5.03. The lowest BCUT2D eigenvalue weighted by molar-refractivity contribution is 0.376. The minimum absolute atomic E-state index is 0.172. The Morgan fingerprint density at radius 1 is 1.44 bits per heavy atom. The van der Waals surface area contributed by atoms with Gasteiger partial charge in [-0.1, -0.05) is 13.3 Å². The Kier molecular flexibility index (Phi) is 3.79. The first-order valence-corrected chi connectivity index (χ1v) is 7.82. The minimum Gasteiger partial charge on any atom is -0.447 e. The van der Waals surface area contributed by atoms with Gasteiger partial charge >= 0.3 is 0 Å². The van der Waals surface area contributed by atoms with Crippen LogP contribution in [-0.4, -0.2) is 15.0 Å². The predicted octanol–water partition coefficient (Wildman–Crippen LogP) is 1.60. The highest BCUT2D eigenvalue weighted by atomic mass is 32.2. The molecular weight excluding hydrogens is 252 g/mol. The highest BCUT2D eigenvalue weighted by Crippen LogP contribution is 2.48. The van der Waals surface area contributed by atoms with Crippen LogP contribution in [0.1, 0.15) is 38.4 Å². The van der Waals surface area contributed by atoms with Crippen molar-refractivity contribution in [3.05, 3.63) is 17.9 Å². The van der Waals surface area contributed by atoms with Gasteiger partial charge in [-0.25, -0.2) is 13.6 Å². The predicted molar refractivity (Wildman–Crippen MR) is 68.4 cm³/mol. The molecule has 5 nitrogen and oxygen atoms in total. The zero-order valence-corrected chi connectivity index (χ0v) is 11.4. The Labute approximate surface area is 108 Å². The highest BCUT2D eigenvalue weighted by molar-refractivity contribution is 7.89. The molecule has 0 saturated heterocycles. The van der Waals surface area contributed by atoms with Crippen molar-refractivity contribution in [2.24, 2.45) is 10.6 Å². The van der Waals surface area contributed by atoms with E-state index in [1.165, 1.54) is 31.7 Å². The van der Waals surface area contributed by atoms with E-state index in [1.54, 1.807) is 6.07 Å². The van der Waals surface area contributed by atoms with Gasteiger partial charge in [-0.2, -0.15) is 0 Å². The molecule has 1 fully saturated rings. The molecular formula is C12H20N2O3S. The molecule has 0 atom stereocenters. The second-order valence-electron chi connectivity index (χ2n) is 5.12. The molecule has 0 radical (unpaired) electrons. The Bertz CT molecular complexity index is 503. The summed E-state index contributed by atoms with van der Waals surface area (Å²) in [4.78, 5) is 0. The van der Waals surface area contributed by atoms with E-state index in [0.717, 1.165) is 6.54 Å². The van der Waals surface area contributed by atoms with E-state index in [9.17, 15) is 8.42 Å². The molecule has 0 spiro atoms. The van der Waals surface area contributed by atoms with E-state index in [2.05, 4.69) is 12.2 Å². The van der Waals surface area contributed by atoms with Gasteiger partial charge in [0.05, 0.1) is 6.54 Å². The smallest absolute Gasteiger partial charge is 0.271 e. The first kappa shape index (κ1) is 13.6. The van der Waals surface area contributed by atoms with Gasteiger partial charge in [0.2, 0.25) is 5.09 Å². The van der Waals surface area contributed by atoms with Gasteiger partial charge in [0.15, 0.2) is 0 Å². The van der Waals surface area contributed by atoms with Crippen LogP contribution in [0.4, 0.5) is 0 Å². The van der Waals surface area contributed by atoms with Gasteiger partial charge in [0, 0.05) is 6.54 Å². The summed E-state index contributed by atoms with van der Waals surface area (Å²) in [6.07, 6.45) is 5.03. The SMILES string of the molecule is CCCC1(CNCc2ccc(S(N)(=O)=O)o2)CC1. The van der Waals surface area contributed by atoms with Gasteiger partial charge in [0.1, 0.15) is 5.76 Å². The molecule has 1 saturated carbocycles. The maximum Gasteiger partial charge on any atom is 0.271 e. The number of rotatable bonds is 7. The molecule has 0 unspecified atom stereocenters. The van der Waals surface area contributed by atoms with Crippen molar-refractivity contribution in [1.82, 2.24) is 5.32 Å². The standard InChI is InChI=1S/C12H20N2O3S/c1-2-5-12(6-7-12)9-14-8-10-3-4-11(17-10)18(13,15)16/h3-4,14H,2,5-9H2,1H3,(H2,13,15,16). The molecule has 0 bridgehead atoms. The Morgan fingerprint density at radius 2 is 2.17 bits per heavy atom. The fourth-order valence-corrected chi connectivity index (χ4v) is 2.76. The minimum atomic E-state index is -3.73. The van der Waals surface area contributed by atoms with Crippen LogP contribution in [0.15, 0.2) is 21.6 Å². The Morgan fingerprint density at radius 3 is 2.67 bits per heavy atom. The molecule has 0 amide bonds. The zero-order valence-electron chi connectivity index (χ0n) is 10.6. The molecule has 1 aliphatic carbocycles. The summed E-state index contributed by atoms with van der Waals surface area (Å²) in [5, 5.41) is 8.13. The lowest BCUT2D eigenvalue weighted by Crippen LogP contribution is -2.23. The molecule has 1 aliphatic rings. The van der Waals surface area contributed by atoms with Crippen molar-refractivity contribution in [1.29, 1.82) is 0 Å². The maximum atomic E-state index is 11.0. The van der Waals surface area contributed by atoms with E-state index >= 15 is 0 Å². The number of nitrogens with two attached hydrogens (primary N) is 1. The van der Waals surface area contributed by atoms with Crippen LogP contribution >= 0.6 is 0 Å². The van der Waals surface area contributed by atoms with Crippen LogP contribution in [0.5, 0.6) is 0 Å². The lowest BCUT2D eigenvalue weighted by Gasteiger charge is -2.13. The third-order valence-corrected chi connectivity index (χ3v) is 4.23. The molecule has 3 N–H and O–H groups in total. The molecule has 18 heavy (non-hydrogen) atoms. The summed E-state index contributed by atoms with van der Waals surface area (Å²) in [6.45, 7) is 3.71. The van der Waals surface area contributed by atoms with Crippen LogP contribution in [-0.2, 0) is 16.6 Å². The van der Waals surface area contributed by atoms with Crippen molar-refractivity contribution < 1.29 is 12.8 Å². The van der Waals surface area contributed by atoms with Crippen LogP contribution in [0, 0.1) is 5.41 Å². The number of sulfonamides is 1. The third-order valence-electron chi connectivity index (χ3n) is 3.45. The Balaban J connectivity index is 1.82. The van der Waals surface area contributed by atoms with Crippen LogP contribution in [0.2, 0.25) is 0 Å². The highest BCUT2D eigenvalue weighted by Gasteiger charge is 2.40. The van der Waals surface area contributed by atoms with Gasteiger partial charge in [-0.15, -0.1) is 0 Å². The molecule has 0 aromatic carbocycles. The monoisotopic (exact) mass is 272 g/mol. The summed E-state index contributed by atoms with van der Waals surface area (Å²) in [6, 6.07) is 3.04. The van der Waals surface area contributed by atoms with E-state index in [1.807, 2.05) is 0 Å². The molecule has 1 heterocycles. The van der Waals surface area contributed by atoms with Crippen molar-refractivity contribution in [2.75, 3.05) is 6.54 Å². The summed E-state index contributed by atoms with van der Waals surface area (Å²) in [5.41, 5.74) is 0.476. The van der Waals surface area contributed by atoms with Crippen molar-refractivity contribution in [2.45, 2.75) is 44.2 Å². The summed E-state index contributed by atoms with van der Waals surface area (Å²) < 4.78 is 27.2. The van der Waals surface area contributed by atoms with Gasteiger partial charge < -0.3 is 9.73 Å². The van der Waals surface area contributed by atoms with Gasteiger partial charge in [-0.05, 0) is 36.8 Å². The molecule has 1 aromatic heterocycles. The quantitative estimate of drug-likeness (QED) is 0.789. The van der Waals surface area contributed by atoms with E-state index in [-0.39, 0.29) is 5.09 Å². The normalized spacial score (nSPS) is 17.9. The fourth-order valence-electron chi connectivity index (χ4n) is 2.28. The van der Waals surface area contributed by atoms with E-state index in [4.69, 9.17) is 9.56 Å². The molecule has 0 aliphatic heterocycles. The first-order chi connectivity index (χ1) is 8.45. The van der Waals surface area contributed by atoms with Crippen LogP contribution in [0.3, 0.4) is 0 Å². The van der Waals surface area contributed by atoms with Crippen LogP contribution in [0.25, 0.3) is 0 Å². The first-order valence-electron chi connectivity index (χ1n) is 6.27. The fraction of sp³-hybridized carbons (Fsp3) is 0.667. The van der Waals surface area contributed by atoms with Gasteiger partial charge in [0.25, 0.3) is 10.0 Å². The molecule has 102 valence electrons. The second-order valence-corrected chi connectivity index (χ2v) is 6.61. The molecule has 1 aromatic rings.